The normalized spacial score (nSPS) is 12.6. The van der Waals surface area contributed by atoms with E-state index in [2.05, 4.69) is 0 Å². The predicted octanol–water partition coefficient (Wildman–Crippen LogP) is 1.31. The van der Waals surface area contributed by atoms with Gasteiger partial charge in [0.2, 0.25) is 6.54 Å². The highest BCUT2D eigenvalue weighted by Crippen LogP contribution is 2.25. The molecule has 0 atom stereocenters. The molecule has 0 aromatic rings. The summed E-state index contributed by atoms with van der Waals surface area (Å²) in [5.41, 5.74) is -1.18. The van der Waals surface area contributed by atoms with Crippen LogP contribution in [0.15, 0.2) is 0 Å². The molecule has 0 amide bonds. The minimum atomic E-state index is -1.18. The van der Waals surface area contributed by atoms with E-state index < -0.39 is 10.5 Å². The zero-order valence-electron chi connectivity index (χ0n) is 8.07. The lowest BCUT2D eigenvalue weighted by Crippen LogP contribution is -2.46. The van der Waals surface area contributed by atoms with Crippen LogP contribution in [-0.2, 0) is 0 Å². The number of rotatable bonds is 4. The lowest BCUT2D eigenvalue weighted by molar-refractivity contribution is -0.506. The van der Waals surface area contributed by atoms with Gasteiger partial charge in [-0.15, -0.1) is 0 Å². The fourth-order valence-corrected chi connectivity index (χ4v) is 1.24. The molecule has 0 aromatic carbocycles. The van der Waals surface area contributed by atoms with Gasteiger partial charge in [0.05, 0.1) is 0 Å². The number of hydrogen-bond donors (Lipinski definition) is 1. The number of hydrogen-bond acceptors (Lipinski definition) is 3. The van der Waals surface area contributed by atoms with Gasteiger partial charge >= 0.3 is 0 Å². The Kier molecular flexibility index (Phi) is 3.64. The zero-order chi connectivity index (χ0) is 9.94. The molecule has 0 unspecified atom stereocenters. The molecule has 0 saturated heterocycles. The Bertz CT molecular complexity index is 158. The summed E-state index contributed by atoms with van der Waals surface area (Å²) in [6, 6.07) is 0. The lowest BCUT2D eigenvalue weighted by Gasteiger charge is -2.31. The SMILES string of the molecule is CC(C)C(O)(C[N+](=O)[O-])C(C)C. The summed E-state index contributed by atoms with van der Waals surface area (Å²) in [6.07, 6.45) is 0. The first-order valence-corrected chi connectivity index (χ1v) is 4.15. The number of nitro groups is 1. The average Bonchev–Trinajstić information content (AvgIpc) is 1.84. The van der Waals surface area contributed by atoms with Crippen molar-refractivity contribution in [3.8, 4) is 0 Å². The Morgan fingerprint density at radius 3 is 1.75 bits per heavy atom. The topological polar surface area (TPSA) is 63.4 Å². The summed E-state index contributed by atoms with van der Waals surface area (Å²) in [6.45, 7) is 6.81. The second-order valence-corrected chi connectivity index (χ2v) is 3.79. The van der Waals surface area contributed by atoms with Crippen LogP contribution in [0.5, 0.6) is 0 Å². The lowest BCUT2D eigenvalue weighted by atomic mass is 9.80. The van der Waals surface area contributed by atoms with Gasteiger partial charge in [0.15, 0.2) is 0 Å². The Balaban J connectivity index is 4.51. The molecule has 0 aromatic heterocycles. The van der Waals surface area contributed by atoms with Crippen LogP contribution in [0.4, 0.5) is 0 Å². The molecule has 0 radical (unpaired) electrons. The van der Waals surface area contributed by atoms with E-state index in [0.29, 0.717) is 0 Å². The quantitative estimate of drug-likeness (QED) is 0.517. The van der Waals surface area contributed by atoms with Crippen molar-refractivity contribution in [2.45, 2.75) is 33.3 Å². The maximum Gasteiger partial charge on any atom is 0.232 e. The first-order valence-electron chi connectivity index (χ1n) is 4.15. The second-order valence-electron chi connectivity index (χ2n) is 3.79. The van der Waals surface area contributed by atoms with Gasteiger partial charge in [-0.3, -0.25) is 10.1 Å². The van der Waals surface area contributed by atoms with E-state index in [1.165, 1.54) is 0 Å². The van der Waals surface area contributed by atoms with E-state index in [1.54, 1.807) is 27.7 Å². The first-order chi connectivity index (χ1) is 5.30. The van der Waals surface area contributed by atoms with E-state index in [0.717, 1.165) is 0 Å². The van der Waals surface area contributed by atoms with Crippen LogP contribution in [0.3, 0.4) is 0 Å². The first kappa shape index (κ1) is 11.4. The summed E-state index contributed by atoms with van der Waals surface area (Å²) in [4.78, 5) is 9.81. The molecular weight excluding hydrogens is 158 g/mol. The fraction of sp³-hybridized carbons (Fsp3) is 1.00. The highest BCUT2D eigenvalue weighted by Gasteiger charge is 2.39. The highest BCUT2D eigenvalue weighted by molar-refractivity contribution is 4.84. The summed E-state index contributed by atoms with van der Waals surface area (Å²) in [7, 11) is 0. The van der Waals surface area contributed by atoms with Gasteiger partial charge in [0.25, 0.3) is 0 Å². The Hall–Kier alpha value is -0.640. The monoisotopic (exact) mass is 175 g/mol. The summed E-state index contributed by atoms with van der Waals surface area (Å²) in [5, 5.41) is 20.2. The van der Waals surface area contributed by atoms with Crippen molar-refractivity contribution in [1.29, 1.82) is 0 Å². The van der Waals surface area contributed by atoms with Gasteiger partial charge < -0.3 is 5.11 Å². The van der Waals surface area contributed by atoms with E-state index in [1.807, 2.05) is 0 Å². The van der Waals surface area contributed by atoms with Gasteiger partial charge in [-0.1, -0.05) is 27.7 Å². The van der Waals surface area contributed by atoms with E-state index in [4.69, 9.17) is 0 Å². The maximum absolute atomic E-state index is 10.3. The van der Waals surface area contributed by atoms with E-state index >= 15 is 0 Å². The van der Waals surface area contributed by atoms with Crippen molar-refractivity contribution >= 4 is 0 Å². The van der Waals surface area contributed by atoms with Crippen LogP contribution in [0.2, 0.25) is 0 Å². The summed E-state index contributed by atoms with van der Waals surface area (Å²) in [5.74, 6) is -0.189. The molecule has 0 aliphatic rings. The largest absolute Gasteiger partial charge is 0.382 e. The maximum atomic E-state index is 10.3. The molecule has 1 N–H and O–H groups in total. The Morgan fingerprint density at radius 1 is 1.33 bits per heavy atom. The highest BCUT2D eigenvalue weighted by atomic mass is 16.6. The van der Waals surface area contributed by atoms with Gasteiger partial charge in [-0.05, 0) is 11.8 Å². The zero-order valence-corrected chi connectivity index (χ0v) is 8.07. The average molecular weight is 175 g/mol. The van der Waals surface area contributed by atoms with Crippen LogP contribution >= 0.6 is 0 Å². The molecule has 0 aliphatic carbocycles. The molecule has 72 valence electrons. The third kappa shape index (κ3) is 2.44. The minimum Gasteiger partial charge on any atom is -0.382 e. The van der Waals surface area contributed by atoms with Crippen molar-refractivity contribution in [2.75, 3.05) is 6.54 Å². The third-order valence-corrected chi connectivity index (χ3v) is 2.38. The molecule has 4 heteroatoms. The molecule has 0 spiro atoms. The van der Waals surface area contributed by atoms with Crippen molar-refractivity contribution in [1.82, 2.24) is 0 Å². The Labute approximate surface area is 72.7 Å². The molecule has 4 nitrogen and oxygen atoms in total. The van der Waals surface area contributed by atoms with Gasteiger partial charge in [-0.2, -0.15) is 0 Å². The third-order valence-electron chi connectivity index (χ3n) is 2.38. The van der Waals surface area contributed by atoms with Crippen molar-refractivity contribution in [2.24, 2.45) is 11.8 Å². The molecule has 12 heavy (non-hydrogen) atoms. The van der Waals surface area contributed by atoms with Crippen molar-refractivity contribution < 1.29 is 10.0 Å². The van der Waals surface area contributed by atoms with Gasteiger partial charge in [0, 0.05) is 4.92 Å². The van der Waals surface area contributed by atoms with Crippen molar-refractivity contribution in [3.05, 3.63) is 10.1 Å². The molecule has 0 aliphatic heterocycles. The second kappa shape index (κ2) is 3.85. The van der Waals surface area contributed by atoms with Crippen molar-refractivity contribution in [3.63, 3.8) is 0 Å². The van der Waals surface area contributed by atoms with Crippen LogP contribution in [0.25, 0.3) is 0 Å². The number of nitrogens with zero attached hydrogens (tertiary/aromatic N) is 1. The predicted molar refractivity (Wildman–Crippen MR) is 46.5 cm³/mol. The molecule has 0 saturated carbocycles. The molecule has 0 rings (SSSR count). The number of aliphatic hydroxyl groups is 1. The van der Waals surface area contributed by atoms with Crippen LogP contribution in [0.1, 0.15) is 27.7 Å². The Morgan fingerprint density at radius 2 is 1.67 bits per heavy atom. The summed E-state index contributed by atoms with van der Waals surface area (Å²) >= 11 is 0. The van der Waals surface area contributed by atoms with Crippen LogP contribution in [-0.4, -0.2) is 22.2 Å². The molecule has 0 fully saturated rings. The van der Waals surface area contributed by atoms with Crippen LogP contribution < -0.4 is 0 Å². The molecule has 0 bridgehead atoms. The molecular formula is C8H17NO3. The smallest absolute Gasteiger partial charge is 0.232 e. The van der Waals surface area contributed by atoms with E-state index in [9.17, 15) is 15.2 Å². The minimum absolute atomic E-state index is 0.0945. The standard InChI is InChI=1S/C8H17NO3/c1-6(2)8(10,7(3)4)5-9(11)12/h6-7,10H,5H2,1-4H3. The fourth-order valence-electron chi connectivity index (χ4n) is 1.24. The molecule has 0 heterocycles. The van der Waals surface area contributed by atoms with Crippen LogP contribution in [0, 0.1) is 22.0 Å². The van der Waals surface area contributed by atoms with Gasteiger partial charge in [0.1, 0.15) is 5.60 Å². The summed E-state index contributed by atoms with van der Waals surface area (Å²) < 4.78 is 0. The van der Waals surface area contributed by atoms with Gasteiger partial charge in [-0.25, -0.2) is 0 Å². The van der Waals surface area contributed by atoms with E-state index in [-0.39, 0.29) is 18.4 Å².